The summed E-state index contributed by atoms with van der Waals surface area (Å²) in [6, 6.07) is 11.0. The molecule has 2 N–H and O–H groups in total. The van der Waals surface area contributed by atoms with Crippen LogP contribution in [-0.2, 0) is 0 Å². The van der Waals surface area contributed by atoms with Gasteiger partial charge in [0.25, 0.3) is 11.8 Å². The number of hydrogen-bond donors (Lipinski definition) is 1. The number of rotatable bonds is 4. The Kier molecular flexibility index (Phi) is 5.23. The molecule has 0 bridgehead atoms. The number of nitriles is 1. The first-order valence-corrected chi connectivity index (χ1v) is 11.5. The van der Waals surface area contributed by atoms with Gasteiger partial charge in [-0.25, -0.2) is 13.8 Å². The number of nitrogens with zero attached hydrogens (tertiary/aromatic N) is 4. The Morgan fingerprint density at radius 1 is 0.970 bits per heavy atom. The monoisotopic (exact) mass is 451 g/mol. The largest absolute Gasteiger partial charge is 0.370 e. The summed E-state index contributed by atoms with van der Waals surface area (Å²) in [5.41, 5.74) is 9.17. The van der Waals surface area contributed by atoms with Crippen LogP contribution in [0, 0.1) is 16.7 Å². The number of pyridine rings is 1. The molecular weight excluding hydrogens is 424 g/mol. The van der Waals surface area contributed by atoms with Crippen molar-refractivity contribution in [3.63, 3.8) is 0 Å². The lowest BCUT2D eigenvalue weighted by Crippen LogP contribution is -2.40. The minimum Gasteiger partial charge on any atom is -0.370 e. The number of anilines is 2. The number of amides is 1. The third-order valence-electron chi connectivity index (χ3n) is 7.46. The van der Waals surface area contributed by atoms with E-state index in [-0.39, 0.29) is 25.9 Å². The van der Waals surface area contributed by atoms with Crippen molar-refractivity contribution in [3.05, 3.63) is 41.5 Å². The van der Waals surface area contributed by atoms with Crippen molar-refractivity contribution in [3.8, 4) is 17.3 Å². The first kappa shape index (κ1) is 21.6. The highest BCUT2D eigenvalue weighted by atomic mass is 19.3. The van der Waals surface area contributed by atoms with Crippen molar-refractivity contribution in [1.29, 1.82) is 5.26 Å². The number of benzene rings is 1. The summed E-state index contributed by atoms with van der Waals surface area (Å²) in [6.07, 6.45) is 4.21. The van der Waals surface area contributed by atoms with Gasteiger partial charge in [0, 0.05) is 44.6 Å². The predicted molar refractivity (Wildman–Crippen MR) is 122 cm³/mol. The molecule has 3 fully saturated rings. The van der Waals surface area contributed by atoms with E-state index in [1.165, 1.54) is 12.8 Å². The van der Waals surface area contributed by atoms with E-state index >= 15 is 0 Å². The lowest BCUT2D eigenvalue weighted by Gasteiger charge is -2.36. The standard InChI is InChI=1S/C25H27F2N5O/c26-25(27)10-14-32(15-11-25)23-17(16-28)4-5-20(30-23)18-2-1-3-19(22(29)33)21(18)31-12-8-24(6-7-24)9-13-31/h1-5H,6-15H2,(H2,29,33). The van der Waals surface area contributed by atoms with E-state index in [0.717, 1.165) is 37.2 Å². The van der Waals surface area contributed by atoms with Gasteiger partial charge >= 0.3 is 0 Å². The summed E-state index contributed by atoms with van der Waals surface area (Å²) < 4.78 is 27.4. The third-order valence-corrected chi connectivity index (χ3v) is 7.46. The lowest BCUT2D eigenvalue weighted by atomic mass is 9.91. The van der Waals surface area contributed by atoms with Crippen molar-refractivity contribution in [2.45, 2.75) is 44.4 Å². The number of primary amides is 1. The summed E-state index contributed by atoms with van der Waals surface area (Å²) in [5.74, 6) is -2.76. The summed E-state index contributed by atoms with van der Waals surface area (Å²) in [4.78, 5) is 21.1. The van der Waals surface area contributed by atoms with Crippen molar-refractivity contribution in [2.24, 2.45) is 11.1 Å². The van der Waals surface area contributed by atoms with E-state index in [2.05, 4.69) is 11.0 Å². The van der Waals surface area contributed by atoms with Crippen LogP contribution in [0.1, 0.15) is 54.4 Å². The molecule has 1 aromatic heterocycles. The van der Waals surface area contributed by atoms with Gasteiger partial charge < -0.3 is 15.5 Å². The Bertz CT molecular complexity index is 1120. The minimum absolute atomic E-state index is 0.139. The van der Waals surface area contributed by atoms with Gasteiger partial charge in [-0.2, -0.15) is 5.26 Å². The molecule has 0 atom stereocenters. The number of para-hydroxylation sites is 1. The van der Waals surface area contributed by atoms with Gasteiger partial charge in [-0.05, 0) is 49.3 Å². The van der Waals surface area contributed by atoms with Crippen LogP contribution in [0.3, 0.4) is 0 Å². The van der Waals surface area contributed by atoms with Crippen LogP contribution in [0.5, 0.6) is 0 Å². The molecule has 1 aliphatic carbocycles. The highest BCUT2D eigenvalue weighted by Gasteiger charge is 2.45. The molecule has 8 heteroatoms. The van der Waals surface area contributed by atoms with Gasteiger partial charge in [-0.3, -0.25) is 4.79 Å². The van der Waals surface area contributed by atoms with Gasteiger partial charge in [0.1, 0.15) is 11.9 Å². The Balaban J connectivity index is 1.54. The summed E-state index contributed by atoms with van der Waals surface area (Å²) in [6.45, 7) is 1.98. The molecule has 5 rings (SSSR count). The number of hydrogen-bond acceptors (Lipinski definition) is 5. The fourth-order valence-electron chi connectivity index (χ4n) is 5.14. The van der Waals surface area contributed by atoms with E-state index in [0.29, 0.717) is 28.1 Å². The predicted octanol–water partition coefficient (Wildman–Crippen LogP) is 4.34. The summed E-state index contributed by atoms with van der Waals surface area (Å²) in [7, 11) is 0. The zero-order valence-corrected chi connectivity index (χ0v) is 18.5. The summed E-state index contributed by atoms with van der Waals surface area (Å²) >= 11 is 0. The Morgan fingerprint density at radius 3 is 2.24 bits per heavy atom. The number of alkyl halides is 2. The topological polar surface area (TPSA) is 86.2 Å². The highest BCUT2D eigenvalue weighted by molar-refractivity contribution is 6.02. The van der Waals surface area contributed by atoms with Crippen LogP contribution >= 0.6 is 0 Å². The molecule has 1 aromatic carbocycles. The average Bonchev–Trinajstić information content (AvgIpc) is 3.57. The van der Waals surface area contributed by atoms with Crippen molar-refractivity contribution in [1.82, 2.24) is 4.98 Å². The average molecular weight is 452 g/mol. The Morgan fingerprint density at radius 2 is 1.64 bits per heavy atom. The van der Waals surface area contributed by atoms with Gasteiger partial charge in [0.05, 0.1) is 22.5 Å². The van der Waals surface area contributed by atoms with Crippen LogP contribution < -0.4 is 15.5 Å². The fourth-order valence-corrected chi connectivity index (χ4v) is 5.14. The molecule has 0 unspecified atom stereocenters. The smallest absolute Gasteiger partial charge is 0.251 e. The number of nitrogens with two attached hydrogens (primary N) is 1. The maximum atomic E-state index is 13.7. The zero-order chi connectivity index (χ0) is 23.2. The maximum Gasteiger partial charge on any atom is 0.251 e. The molecule has 1 amide bonds. The minimum atomic E-state index is -2.68. The summed E-state index contributed by atoms with van der Waals surface area (Å²) in [5, 5.41) is 9.61. The molecule has 172 valence electrons. The van der Waals surface area contributed by atoms with Crippen molar-refractivity contribution >= 4 is 17.4 Å². The van der Waals surface area contributed by atoms with Crippen LogP contribution in [-0.4, -0.2) is 43.0 Å². The molecule has 3 heterocycles. The molecule has 6 nitrogen and oxygen atoms in total. The first-order valence-electron chi connectivity index (χ1n) is 11.5. The lowest BCUT2D eigenvalue weighted by molar-refractivity contribution is -0.0221. The fraction of sp³-hybridized carbons (Fsp3) is 0.480. The van der Waals surface area contributed by atoms with E-state index < -0.39 is 11.8 Å². The third kappa shape index (κ3) is 4.12. The zero-order valence-electron chi connectivity index (χ0n) is 18.5. The van der Waals surface area contributed by atoms with Gasteiger partial charge in [0.15, 0.2) is 0 Å². The molecule has 2 aliphatic heterocycles. The van der Waals surface area contributed by atoms with Crippen LogP contribution in [0.25, 0.3) is 11.3 Å². The second kappa shape index (κ2) is 7.98. The van der Waals surface area contributed by atoms with E-state index in [4.69, 9.17) is 10.7 Å². The molecule has 0 radical (unpaired) electrons. The molecule has 1 spiro atoms. The molecule has 3 aliphatic rings. The SMILES string of the molecule is N#Cc1ccc(-c2cccc(C(N)=O)c2N2CCC3(CC2)CC3)nc1N1CCC(F)(F)CC1. The second-order valence-corrected chi connectivity index (χ2v) is 9.58. The molecule has 2 saturated heterocycles. The van der Waals surface area contributed by atoms with Crippen molar-refractivity contribution < 1.29 is 13.6 Å². The molecule has 2 aromatic rings. The first-order chi connectivity index (χ1) is 15.8. The van der Waals surface area contributed by atoms with Gasteiger partial charge in [-0.15, -0.1) is 0 Å². The Labute approximate surface area is 192 Å². The van der Waals surface area contributed by atoms with Gasteiger partial charge in [0.2, 0.25) is 0 Å². The number of carbonyl (C=O) groups excluding carboxylic acids is 1. The number of halogens is 2. The maximum absolute atomic E-state index is 13.7. The van der Waals surface area contributed by atoms with Crippen LogP contribution in [0.2, 0.25) is 0 Å². The number of piperidine rings is 2. The van der Waals surface area contributed by atoms with E-state index in [9.17, 15) is 18.8 Å². The Hall–Kier alpha value is -3.21. The van der Waals surface area contributed by atoms with Crippen molar-refractivity contribution in [2.75, 3.05) is 36.0 Å². The molecule has 33 heavy (non-hydrogen) atoms. The van der Waals surface area contributed by atoms with Gasteiger partial charge in [-0.1, -0.05) is 12.1 Å². The quantitative estimate of drug-likeness (QED) is 0.748. The normalized spacial score (nSPS) is 21.0. The number of carbonyl (C=O) groups is 1. The van der Waals surface area contributed by atoms with E-state index in [1.54, 1.807) is 29.2 Å². The highest BCUT2D eigenvalue weighted by Crippen LogP contribution is 2.54. The second-order valence-electron chi connectivity index (χ2n) is 9.58. The molecule has 1 saturated carbocycles. The number of aromatic nitrogens is 1. The molecular formula is C25H27F2N5O. The van der Waals surface area contributed by atoms with Crippen LogP contribution in [0.15, 0.2) is 30.3 Å². The van der Waals surface area contributed by atoms with E-state index in [1.807, 2.05) is 6.07 Å². The van der Waals surface area contributed by atoms with Crippen LogP contribution in [0.4, 0.5) is 20.3 Å².